The Morgan fingerprint density at radius 3 is 2.20 bits per heavy atom. The van der Waals surface area contributed by atoms with Crippen molar-refractivity contribution in [2.24, 2.45) is 0 Å². The van der Waals surface area contributed by atoms with Gasteiger partial charge in [0.1, 0.15) is 0 Å². The first-order valence-electron chi connectivity index (χ1n) is 8.28. The van der Waals surface area contributed by atoms with Gasteiger partial charge in [0.25, 0.3) is 5.91 Å². The fraction of sp³-hybridized carbons (Fsp3) is 0.136. The second-order valence-corrected chi connectivity index (χ2v) is 7.01. The van der Waals surface area contributed by atoms with Crippen molar-refractivity contribution in [2.75, 3.05) is 5.32 Å². The molecule has 1 amide bonds. The number of anilines is 1. The van der Waals surface area contributed by atoms with Gasteiger partial charge in [-0.25, -0.2) is 0 Å². The molecule has 126 valence electrons. The third-order valence-corrected chi connectivity index (χ3v) is 5.23. The van der Waals surface area contributed by atoms with Crippen LogP contribution < -0.4 is 5.32 Å². The maximum absolute atomic E-state index is 12.8. The fourth-order valence-corrected chi connectivity index (χ4v) is 3.71. The predicted molar refractivity (Wildman–Crippen MR) is 106 cm³/mol. The lowest BCUT2D eigenvalue weighted by Crippen LogP contribution is -2.14. The Balaban J connectivity index is 1.79. The largest absolute Gasteiger partial charge is 0.321 e. The summed E-state index contributed by atoms with van der Waals surface area (Å²) in [4.78, 5) is 13.8. The van der Waals surface area contributed by atoms with Crippen LogP contribution in [0, 0.1) is 13.8 Å². The Labute approximate surface area is 153 Å². The third-order valence-electron chi connectivity index (χ3n) is 4.09. The molecule has 0 fully saturated rings. The number of aryl methyl sites for hydroxylation is 2. The summed E-state index contributed by atoms with van der Waals surface area (Å²) < 4.78 is 0. The van der Waals surface area contributed by atoms with Crippen LogP contribution in [-0.2, 0) is 5.75 Å². The fourth-order valence-electron chi connectivity index (χ4n) is 2.71. The van der Waals surface area contributed by atoms with Crippen LogP contribution in [0.1, 0.15) is 27.0 Å². The summed E-state index contributed by atoms with van der Waals surface area (Å²) in [6.45, 7) is 4.03. The summed E-state index contributed by atoms with van der Waals surface area (Å²) in [6.07, 6.45) is 0. The van der Waals surface area contributed by atoms with Crippen LogP contribution >= 0.6 is 11.8 Å². The van der Waals surface area contributed by atoms with E-state index < -0.39 is 0 Å². The Kier molecular flexibility index (Phi) is 5.56. The molecule has 0 bridgehead atoms. The van der Waals surface area contributed by atoms with Gasteiger partial charge in [-0.3, -0.25) is 4.79 Å². The second kappa shape index (κ2) is 8.04. The monoisotopic (exact) mass is 347 g/mol. The van der Waals surface area contributed by atoms with Crippen molar-refractivity contribution in [2.45, 2.75) is 24.5 Å². The first-order valence-corrected chi connectivity index (χ1v) is 9.27. The standard InChI is InChI=1S/C22H21NOS/c1-16-9-8-10-17(2)21(16)23-22(24)19-13-6-7-14-20(19)25-15-18-11-4-3-5-12-18/h3-14H,15H2,1-2H3,(H,23,24). The lowest BCUT2D eigenvalue weighted by molar-refractivity contribution is 0.102. The first-order chi connectivity index (χ1) is 12.1. The molecule has 3 aromatic carbocycles. The number of benzene rings is 3. The number of amides is 1. The van der Waals surface area contributed by atoms with Crippen molar-refractivity contribution in [1.29, 1.82) is 0 Å². The molecule has 25 heavy (non-hydrogen) atoms. The van der Waals surface area contributed by atoms with Crippen molar-refractivity contribution in [1.82, 2.24) is 0 Å². The number of rotatable bonds is 5. The van der Waals surface area contributed by atoms with Gasteiger partial charge in [0.2, 0.25) is 0 Å². The van der Waals surface area contributed by atoms with Crippen molar-refractivity contribution in [3.05, 3.63) is 95.1 Å². The maximum Gasteiger partial charge on any atom is 0.256 e. The number of carbonyl (C=O) groups is 1. The van der Waals surface area contributed by atoms with E-state index in [2.05, 4.69) is 17.4 Å². The van der Waals surface area contributed by atoms with E-state index in [4.69, 9.17) is 0 Å². The Morgan fingerprint density at radius 1 is 0.840 bits per heavy atom. The zero-order valence-electron chi connectivity index (χ0n) is 14.5. The van der Waals surface area contributed by atoms with Crippen molar-refractivity contribution in [3.8, 4) is 0 Å². The van der Waals surface area contributed by atoms with Crippen LogP contribution in [0.15, 0.2) is 77.7 Å². The van der Waals surface area contributed by atoms with Crippen LogP contribution in [0.2, 0.25) is 0 Å². The molecule has 3 rings (SSSR count). The number of carbonyl (C=O) groups excluding carboxylic acids is 1. The van der Waals surface area contributed by atoms with Gasteiger partial charge in [0.05, 0.1) is 5.56 Å². The van der Waals surface area contributed by atoms with Gasteiger partial charge in [-0.1, -0.05) is 60.7 Å². The lowest BCUT2D eigenvalue weighted by atomic mass is 10.1. The zero-order chi connectivity index (χ0) is 17.6. The lowest BCUT2D eigenvalue weighted by Gasteiger charge is -2.13. The van der Waals surface area contributed by atoms with Crippen LogP contribution in [0.5, 0.6) is 0 Å². The van der Waals surface area contributed by atoms with Crippen molar-refractivity contribution in [3.63, 3.8) is 0 Å². The molecule has 3 heteroatoms. The summed E-state index contributed by atoms with van der Waals surface area (Å²) >= 11 is 1.69. The van der Waals surface area contributed by atoms with E-state index in [1.54, 1.807) is 11.8 Å². The first kappa shape index (κ1) is 17.3. The third kappa shape index (κ3) is 4.31. The molecule has 0 aliphatic rings. The number of thioether (sulfide) groups is 1. The highest BCUT2D eigenvalue weighted by atomic mass is 32.2. The van der Waals surface area contributed by atoms with Gasteiger partial charge in [-0.2, -0.15) is 0 Å². The van der Waals surface area contributed by atoms with E-state index in [1.165, 1.54) is 5.56 Å². The molecule has 0 saturated heterocycles. The van der Waals surface area contributed by atoms with Gasteiger partial charge in [-0.05, 0) is 42.7 Å². The van der Waals surface area contributed by atoms with Crippen LogP contribution in [0.4, 0.5) is 5.69 Å². The average molecular weight is 347 g/mol. The minimum atomic E-state index is -0.0615. The van der Waals surface area contributed by atoms with Gasteiger partial charge in [0, 0.05) is 16.3 Å². The molecule has 0 heterocycles. The van der Waals surface area contributed by atoms with Gasteiger partial charge in [0.15, 0.2) is 0 Å². The molecule has 3 aromatic rings. The molecule has 0 aliphatic heterocycles. The maximum atomic E-state index is 12.8. The molecule has 0 radical (unpaired) electrons. The van der Waals surface area contributed by atoms with Crippen molar-refractivity contribution < 1.29 is 4.79 Å². The van der Waals surface area contributed by atoms with E-state index in [1.807, 2.05) is 74.5 Å². The van der Waals surface area contributed by atoms with Gasteiger partial charge >= 0.3 is 0 Å². The smallest absolute Gasteiger partial charge is 0.256 e. The molecule has 0 spiro atoms. The Hall–Kier alpha value is -2.52. The SMILES string of the molecule is Cc1cccc(C)c1NC(=O)c1ccccc1SCc1ccccc1. The Bertz CT molecular complexity index is 854. The number of para-hydroxylation sites is 1. The number of hydrogen-bond acceptors (Lipinski definition) is 2. The minimum absolute atomic E-state index is 0.0615. The molecule has 0 aliphatic carbocycles. The minimum Gasteiger partial charge on any atom is -0.321 e. The highest BCUT2D eigenvalue weighted by Gasteiger charge is 2.13. The summed E-state index contributed by atoms with van der Waals surface area (Å²) in [5.41, 5.74) is 5.00. The van der Waals surface area contributed by atoms with Crippen molar-refractivity contribution >= 4 is 23.4 Å². The molecule has 0 unspecified atom stereocenters. The number of nitrogens with one attached hydrogen (secondary N) is 1. The van der Waals surface area contributed by atoms with Crippen LogP contribution in [0.3, 0.4) is 0 Å². The predicted octanol–water partition coefficient (Wildman–Crippen LogP) is 5.85. The average Bonchev–Trinajstić information content (AvgIpc) is 2.64. The molecule has 1 N–H and O–H groups in total. The summed E-state index contributed by atoms with van der Waals surface area (Å²) in [5.74, 6) is 0.780. The van der Waals surface area contributed by atoms with E-state index >= 15 is 0 Å². The van der Waals surface area contributed by atoms with Crippen LogP contribution in [0.25, 0.3) is 0 Å². The highest BCUT2D eigenvalue weighted by Crippen LogP contribution is 2.28. The Morgan fingerprint density at radius 2 is 1.48 bits per heavy atom. The van der Waals surface area contributed by atoms with E-state index in [0.717, 1.165) is 27.5 Å². The molecule has 0 atom stereocenters. The number of hydrogen-bond donors (Lipinski definition) is 1. The molecular weight excluding hydrogens is 326 g/mol. The van der Waals surface area contributed by atoms with Crippen LogP contribution in [-0.4, -0.2) is 5.91 Å². The van der Waals surface area contributed by atoms with Gasteiger partial charge < -0.3 is 5.32 Å². The summed E-state index contributed by atoms with van der Waals surface area (Å²) in [7, 11) is 0. The van der Waals surface area contributed by atoms with E-state index in [0.29, 0.717) is 5.56 Å². The molecule has 2 nitrogen and oxygen atoms in total. The molecule has 0 aromatic heterocycles. The normalized spacial score (nSPS) is 10.5. The van der Waals surface area contributed by atoms with E-state index in [-0.39, 0.29) is 5.91 Å². The molecular formula is C22H21NOS. The summed E-state index contributed by atoms with van der Waals surface area (Å²) in [5, 5.41) is 3.08. The second-order valence-electron chi connectivity index (χ2n) is 5.99. The zero-order valence-corrected chi connectivity index (χ0v) is 15.3. The summed E-state index contributed by atoms with van der Waals surface area (Å²) in [6, 6.07) is 24.1. The quantitative estimate of drug-likeness (QED) is 0.587. The van der Waals surface area contributed by atoms with E-state index in [9.17, 15) is 4.79 Å². The topological polar surface area (TPSA) is 29.1 Å². The molecule has 0 saturated carbocycles. The van der Waals surface area contributed by atoms with Gasteiger partial charge in [-0.15, -0.1) is 11.8 Å². The highest BCUT2D eigenvalue weighted by molar-refractivity contribution is 7.98.